The van der Waals surface area contributed by atoms with Crippen molar-refractivity contribution in [3.05, 3.63) is 29.8 Å². The highest BCUT2D eigenvalue weighted by Crippen LogP contribution is 2.18. The maximum absolute atomic E-state index is 12.1. The van der Waals surface area contributed by atoms with Gasteiger partial charge >= 0.3 is 0 Å². The van der Waals surface area contributed by atoms with Gasteiger partial charge in [-0.25, -0.2) is 0 Å². The van der Waals surface area contributed by atoms with Crippen molar-refractivity contribution in [2.75, 3.05) is 18.8 Å². The average molecular weight is 218 g/mol. The molecule has 0 spiro atoms. The highest BCUT2D eigenvalue weighted by atomic mass is 16.2. The van der Waals surface area contributed by atoms with E-state index in [1.54, 1.807) is 24.3 Å². The largest absolute Gasteiger partial charge is 0.399 e. The highest BCUT2D eigenvalue weighted by Gasteiger charge is 2.21. The summed E-state index contributed by atoms with van der Waals surface area (Å²) < 4.78 is 0. The summed E-state index contributed by atoms with van der Waals surface area (Å²) in [5.74, 6) is 0.748. The van der Waals surface area contributed by atoms with E-state index in [2.05, 4.69) is 6.92 Å². The van der Waals surface area contributed by atoms with Crippen LogP contribution in [0, 0.1) is 5.92 Å². The SMILES string of the molecule is C[C@H]1CCCN(C(=O)c2ccc(N)cc2)C1. The topological polar surface area (TPSA) is 46.3 Å². The summed E-state index contributed by atoms with van der Waals surface area (Å²) in [7, 11) is 0. The highest BCUT2D eigenvalue weighted by molar-refractivity contribution is 5.94. The summed E-state index contributed by atoms with van der Waals surface area (Å²) in [5.41, 5.74) is 7.04. The molecular weight excluding hydrogens is 200 g/mol. The van der Waals surface area contributed by atoms with Crippen molar-refractivity contribution < 1.29 is 4.79 Å². The van der Waals surface area contributed by atoms with E-state index in [0.717, 1.165) is 25.1 Å². The van der Waals surface area contributed by atoms with Crippen molar-refractivity contribution >= 4 is 11.6 Å². The number of hydrogen-bond acceptors (Lipinski definition) is 2. The molecule has 1 atom stereocenters. The number of benzene rings is 1. The molecule has 0 radical (unpaired) electrons. The van der Waals surface area contributed by atoms with Gasteiger partial charge in [-0.1, -0.05) is 6.92 Å². The smallest absolute Gasteiger partial charge is 0.253 e. The number of likely N-dealkylation sites (tertiary alicyclic amines) is 1. The predicted molar refractivity (Wildman–Crippen MR) is 65.2 cm³/mol. The molecule has 0 aliphatic carbocycles. The summed E-state index contributed by atoms with van der Waals surface area (Å²) in [5, 5.41) is 0. The van der Waals surface area contributed by atoms with Crippen molar-refractivity contribution in [1.82, 2.24) is 4.90 Å². The predicted octanol–water partition coefficient (Wildman–Crippen LogP) is 2.14. The molecule has 1 aromatic rings. The third-order valence-electron chi connectivity index (χ3n) is 3.10. The zero-order chi connectivity index (χ0) is 11.5. The summed E-state index contributed by atoms with van der Waals surface area (Å²) in [6, 6.07) is 7.16. The fourth-order valence-corrected chi connectivity index (χ4v) is 2.18. The number of rotatable bonds is 1. The zero-order valence-corrected chi connectivity index (χ0v) is 9.65. The maximum atomic E-state index is 12.1. The molecule has 3 nitrogen and oxygen atoms in total. The first-order valence-electron chi connectivity index (χ1n) is 5.81. The Morgan fingerprint density at radius 2 is 2.06 bits per heavy atom. The minimum absolute atomic E-state index is 0.131. The van der Waals surface area contributed by atoms with Crippen LogP contribution in [-0.2, 0) is 0 Å². The molecule has 1 heterocycles. The van der Waals surface area contributed by atoms with E-state index in [1.807, 2.05) is 4.90 Å². The first kappa shape index (κ1) is 11.0. The van der Waals surface area contributed by atoms with Gasteiger partial charge in [0.05, 0.1) is 0 Å². The van der Waals surface area contributed by atoms with Crippen molar-refractivity contribution in [2.45, 2.75) is 19.8 Å². The average Bonchev–Trinajstić information content (AvgIpc) is 2.29. The first-order chi connectivity index (χ1) is 7.66. The number of nitrogens with zero attached hydrogens (tertiary/aromatic N) is 1. The van der Waals surface area contributed by atoms with Crippen molar-refractivity contribution in [3.63, 3.8) is 0 Å². The normalized spacial score (nSPS) is 20.8. The molecule has 1 aliphatic rings. The van der Waals surface area contributed by atoms with Crippen molar-refractivity contribution in [1.29, 1.82) is 0 Å². The fraction of sp³-hybridized carbons (Fsp3) is 0.462. The third kappa shape index (κ3) is 2.35. The first-order valence-corrected chi connectivity index (χ1v) is 5.81. The van der Waals surface area contributed by atoms with E-state index in [0.29, 0.717) is 11.6 Å². The molecule has 2 rings (SSSR count). The van der Waals surface area contributed by atoms with Gasteiger partial charge in [-0.2, -0.15) is 0 Å². The molecule has 1 fully saturated rings. The Bertz CT molecular complexity index is 372. The van der Waals surface area contributed by atoms with Crippen LogP contribution in [0.3, 0.4) is 0 Å². The number of piperidine rings is 1. The summed E-state index contributed by atoms with van der Waals surface area (Å²) in [6.45, 7) is 3.96. The van der Waals surface area contributed by atoms with Gasteiger partial charge in [0, 0.05) is 24.3 Å². The maximum Gasteiger partial charge on any atom is 0.253 e. The van der Waals surface area contributed by atoms with Gasteiger partial charge in [-0.05, 0) is 43.0 Å². The third-order valence-corrected chi connectivity index (χ3v) is 3.10. The molecule has 1 amide bonds. The molecular formula is C13H18N2O. The fourth-order valence-electron chi connectivity index (χ4n) is 2.18. The summed E-state index contributed by atoms with van der Waals surface area (Å²) >= 11 is 0. The molecule has 1 aromatic carbocycles. The van der Waals surface area contributed by atoms with Crippen LogP contribution < -0.4 is 5.73 Å². The molecule has 0 aromatic heterocycles. The van der Waals surface area contributed by atoms with Crippen LogP contribution in [0.2, 0.25) is 0 Å². The monoisotopic (exact) mass is 218 g/mol. The van der Waals surface area contributed by atoms with Crippen LogP contribution in [-0.4, -0.2) is 23.9 Å². The Kier molecular flexibility index (Phi) is 3.13. The number of nitrogens with two attached hydrogens (primary N) is 1. The van der Waals surface area contributed by atoms with Gasteiger partial charge in [-0.3, -0.25) is 4.79 Å². The number of amides is 1. The Morgan fingerprint density at radius 1 is 1.38 bits per heavy atom. The van der Waals surface area contributed by atoms with Crippen LogP contribution >= 0.6 is 0 Å². The number of carbonyl (C=O) groups excluding carboxylic acids is 1. The standard InChI is InChI=1S/C13H18N2O/c1-10-3-2-8-15(9-10)13(16)11-4-6-12(14)7-5-11/h4-7,10H,2-3,8-9,14H2,1H3/t10-/m0/s1. The molecule has 3 heteroatoms. The van der Waals surface area contributed by atoms with Gasteiger partial charge in [-0.15, -0.1) is 0 Å². The Labute approximate surface area is 96.2 Å². The van der Waals surface area contributed by atoms with E-state index < -0.39 is 0 Å². The molecule has 0 bridgehead atoms. The second-order valence-corrected chi connectivity index (χ2v) is 4.62. The minimum Gasteiger partial charge on any atom is -0.399 e. The molecule has 2 N–H and O–H groups in total. The molecule has 0 unspecified atom stereocenters. The van der Waals surface area contributed by atoms with E-state index in [1.165, 1.54) is 6.42 Å². The lowest BCUT2D eigenvalue weighted by molar-refractivity contribution is 0.0683. The van der Waals surface area contributed by atoms with E-state index in [4.69, 9.17) is 5.73 Å². The van der Waals surface area contributed by atoms with Gasteiger partial charge < -0.3 is 10.6 Å². The minimum atomic E-state index is 0.131. The van der Waals surface area contributed by atoms with Gasteiger partial charge in [0.2, 0.25) is 0 Å². The zero-order valence-electron chi connectivity index (χ0n) is 9.65. The van der Waals surface area contributed by atoms with Crippen LogP contribution in [0.15, 0.2) is 24.3 Å². The lowest BCUT2D eigenvalue weighted by Crippen LogP contribution is -2.39. The Balaban J connectivity index is 2.09. The Hall–Kier alpha value is -1.51. The lowest BCUT2D eigenvalue weighted by atomic mass is 9.99. The molecule has 0 saturated carbocycles. The number of anilines is 1. The number of nitrogen functional groups attached to an aromatic ring is 1. The second kappa shape index (κ2) is 4.56. The van der Waals surface area contributed by atoms with E-state index in [9.17, 15) is 4.79 Å². The number of hydrogen-bond donors (Lipinski definition) is 1. The van der Waals surface area contributed by atoms with Crippen LogP contribution in [0.5, 0.6) is 0 Å². The van der Waals surface area contributed by atoms with Crippen LogP contribution in [0.4, 0.5) is 5.69 Å². The lowest BCUT2D eigenvalue weighted by Gasteiger charge is -2.31. The van der Waals surface area contributed by atoms with Gasteiger partial charge in [0.25, 0.3) is 5.91 Å². The quantitative estimate of drug-likeness (QED) is 0.734. The Morgan fingerprint density at radius 3 is 2.69 bits per heavy atom. The molecule has 1 aliphatic heterocycles. The summed E-state index contributed by atoms with van der Waals surface area (Å²) in [6.07, 6.45) is 2.34. The molecule has 86 valence electrons. The summed E-state index contributed by atoms with van der Waals surface area (Å²) in [4.78, 5) is 14.1. The van der Waals surface area contributed by atoms with Gasteiger partial charge in [0.15, 0.2) is 0 Å². The molecule has 16 heavy (non-hydrogen) atoms. The van der Waals surface area contributed by atoms with E-state index in [-0.39, 0.29) is 5.91 Å². The van der Waals surface area contributed by atoms with Gasteiger partial charge in [0.1, 0.15) is 0 Å². The van der Waals surface area contributed by atoms with Crippen molar-refractivity contribution in [3.8, 4) is 0 Å². The van der Waals surface area contributed by atoms with Crippen LogP contribution in [0.25, 0.3) is 0 Å². The second-order valence-electron chi connectivity index (χ2n) is 4.62. The molecule has 1 saturated heterocycles. The van der Waals surface area contributed by atoms with Crippen LogP contribution in [0.1, 0.15) is 30.1 Å². The van der Waals surface area contributed by atoms with E-state index >= 15 is 0 Å². The van der Waals surface area contributed by atoms with Crippen molar-refractivity contribution in [2.24, 2.45) is 5.92 Å². The number of carbonyl (C=O) groups is 1.